The van der Waals surface area contributed by atoms with Crippen molar-refractivity contribution in [3.05, 3.63) is 65.8 Å². The van der Waals surface area contributed by atoms with E-state index in [1.54, 1.807) is 0 Å². The smallest absolute Gasteiger partial charge is 0.268 e. The lowest BCUT2D eigenvalue weighted by atomic mass is 10.2. The number of allylic oxidation sites excluding steroid dienone is 1. The topological polar surface area (TPSA) is 89.0 Å². The van der Waals surface area contributed by atoms with Gasteiger partial charge < -0.3 is 14.1 Å². The average molecular weight is 416 g/mol. The first-order chi connectivity index (χ1) is 15.2. The molecule has 158 valence electrons. The lowest BCUT2D eigenvalue weighted by Gasteiger charge is -2.27. The molecular formula is C23H24N6O2. The maximum absolute atomic E-state index is 5.88. The van der Waals surface area contributed by atoms with Crippen molar-refractivity contribution in [3.8, 4) is 11.5 Å². The minimum atomic E-state index is 0.293. The van der Waals surface area contributed by atoms with Gasteiger partial charge in [-0.2, -0.15) is 0 Å². The number of pyridine rings is 1. The highest BCUT2D eigenvalue weighted by atomic mass is 16.5. The number of anilines is 1. The summed E-state index contributed by atoms with van der Waals surface area (Å²) in [5.41, 5.74) is 3.58. The van der Waals surface area contributed by atoms with Crippen molar-refractivity contribution in [3.63, 3.8) is 0 Å². The number of ether oxygens (including phenoxy) is 1. The summed E-state index contributed by atoms with van der Waals surface area (Å²) < 4.78 is 11.3. The van der Waals surface area contributed by atoms with Crippen molar-refractivity contribution in [1.82, 2.24) is 15.2 Å². The number of aliphatic imine (C=N–C) groups is 2. The highest BCUT2D eigenvalue weighted by Crippen LogP contribution is 2.25. The summed E-state index contributed by atoms with van der Waals surface area (Å²) in [6, 6.07) is 13.6. The Morgan fingerprint density at radius 1 is 1.03 bits per heavy atom. The number of aromatic nitrogens is 3. The van der Waals surface area contributed by atoms with E-state index >= 15 is 0 Å². The van der Waals surface area contributed by atoms with Gasteiger partial charge in [0.05, 0.1) is 18.9 Å². The first-order valence-electron chi connectivity index (χ1n) is 10.1. The first-order valence-corrected chi connectivity index (χ1v) is 10.1. The molecule has 0 radical (unpaired) electrons. The van der Waals surface area contributed by atoms with E-state index in [4.69, 9.17) is 14.1 Å². The molecule has 4 rings (SSSR count). The summed E-state index contributed by atoms with van der Waals surface area (Å²) in [5, 5.41) is 8.34. The summed E-state index contributed by atoms with van der Waals surface area (Å²) in [6.07, 6.45) is 1.82. The van der Waals surface area contributed by atoms with Crippen LogP contribution < -0.4 is 4.90 Å². The molecular weight excluding hydrogens is 392 g/mol. The zero-order valence-electron chi connectivity index (χ0n) is 17.7. The fourth-order valence-corrected chi connectivity index (χ4v) is 3.19. The zero-order chi connectivity index (χ0) is 21.6. The molecule has 3 aromatic rings. The Morgan fingerprint density at radius 2 is 1.81 bits per heavy atom. The lowest BCUT2D eigenvalue weighted by molar-refractivity contribution is 0.122. The highest BCUT2D eigenvalue weighted by molar-refractivity contribution is 6.01. The van der Waals surface area contributed by atoms with Gasteiger partial charge in [-0.15, -0.1) is 10.2 Å². The fraction of sp³-hybridized carbons (Fsp3) is 0.261. The molecule has 0 N–H and O–H groups in total. The van der Waals surface area contributed by atoms with Crippen LogP contribution in [0.2, 0.25) is 0 Å². The van der Waals surface area contributed by atoms with E-state index in [0.717, 1.165) is 49.0 Å². The Kier molecular flexibility index (Phi) is 6.28. The monoisotopic (exact) mass is 416 g/mol. The minimum Gasteiger partial charge on any atom is -0.415 e. The Bertz CT molecular complexity index is 1100. The predicted octanol–water partition coefficient (Wildman–Crippen LogP) is 3.87. The van der Waals surface area contributed by atoms with Gasteiger partial charge in [-0.3, -0.25) is 4.99 Å². The molecule has 1 aromatic carbocycles. The van der Waals surface area contributed by atoms with E-state index < -0.39 is 0 Å². The summed E-state index contributed by atoms with van der Waals surface area (Å²) in [4.78, 5) is 15.6. The van der Waals surface area contributed by atoms with Crippen LogP contribution in [0.15, 0.2) is 68.8 Å². The quantitative estimate of drug-likeness (QED) is 0.567. The van der Waals surface area contributed by atoms with Crippen molar-refractivity contribution in [2.45, 2.75) is 13.8 Å². The molecule has 1 aliphatic heterocycles. The Hall–Kier alpha value is -3.65. The number of hydrogen-bond donors (Lipinski definition) is 0. The van der Waals surface area contributed by atoms with Gasteiger partial charge in [0.15, 0.2) is 0 Å². The van der Waals surface area contributed by atoms with Crippen molar-refractivity contribution in [2.24, 2.45) is 9.98 Å². The lowest BCUT2D eigenvalue weighted by Crippen LogP contribution is -2.36. The third-order valence-corrected chi connectivity index (χ3v) is 5.01. The SMILES string of the molecule is C=N/C(C)=C(\N=C(C)c1ccc(N2CCOCC2)nc1)c1nnc(-c2ccccc2)o1. The van der Waals surface area contributed by atoms with Crippen molar-refractivity contribution < 1.29 is 9.15 Å². The van der Waals surface area contributed by atoms with Gasteiger partial charge in [0.2, 0.25) is 5.89 Å². The third kappa shape index (κ3) is 4.75. The molecule has 0 unspecified atom stereocenters. The minimum absolute atomic E-state index is 0.293. The van der Waals surface area contributed by atoms with E-state index in [1.807, 2.05) is 62.5 Å². The van der Waals surface area contributed by atoms with Crippen LogP contribution in [0, 0.1) is 0 Å². The van der Waals surface area contributed by atoms with Crippen LogP contribution >= 0.6 is 0 Å². The molecule has 1 saturated heterocycles. The molecule has 3 heterocycles. The third-order valence-electron chi connectivity index (χ3n) is 5.01. The Labute approximate surface area is 181 Å². The van der Waals surface area contributed by atoms with Crippen LogP contribution in [0.3, 0.4) is 0 Å². The van der Waals surface area contributed by atoms with Gasteiger partial charge in [0.25, 0.3) is 5.89 Å². The summed E-state index contributed by atoms with van der Waals surface area (Å²) in [6.45, 7) is 10.5. The Balaban J connectivity index is 1.60. The standard InChI is InChI=1S/C23H24N6O2/c1-16(19-9-10-20(25-15-19)29-11-13-30-14-12-29)26-21(17(2)24-3)23-28-27-22(31-23)18-7-5-4-6-8-18/h4-10,15H,3,11-14H2,1-2H3/b21-17-,26-16?. The van der Waals surface area contributed by atoms with Gasteiger partial charge in [-0.05, 0) is 44.8 Å². The maximum atomic E-state index is 5.88. The van der Waals surface area contributed by atoms with Crippen LogP contribution in [0.1, 0.15) is 25.3 Å². The average Bonchev–Trinajstić information content (AvgIpc) is 3.33. The molecule has 8 nitrogen and oxygen atoms in total. The summed E-state index contributed by atoms with van der Waals surface area (Å²) >= 11 is 0. The number of morpholine rings is 1. The molecule has 0 aliphatic carbocycles. The van der Waals surface area contributed by atoms with Gasteiger partial charge in [-0.1, -0.05) is 18.2 Å². The molecule has 0 saturated carbocycles. The van der Waals surface area contributed by atoms with E-state index in [9.17, 15) is 0 Å². The van der Waals surface area contributed by atoms with Gasteiger partial charge in [0, 0.05) is 36.1 Å². The van der Waals surface area contributed by atoms with Gasteiger partial charge in [-0.25, -0.2) is 9.98 Å². The van der Waals surface area contributed by atoms with E-state index in [2.05, 4.69) is 31.8 Å². The summed E-state index contributed by atoms with van der Waals surface area (Å²) in [5.74, 6) is 1.65. The normalized spacial score (nSPS) is 15.5. The number of rotatable bonds is 6. The Morgan fingerprint density at radius 3 is 2.48 bits per heavy atom. The number of hydrogen-bond acceptors (Lipinski definition) is 8. The van der Waals surface area contributed by atoms with Crippen molar-refractivity contribution in [2.75, 3.05) is 31.2 Å². The van der Waals surface area contributed by atoms with Crippen molar-refractivity contribution >= 4 is 23.9 Å². The van der Waals surface area contributed by atoms with Crippen LogP contribution in [0.5, 0.6) is 0 Å². The van der Waals surface area contributed by atoms with Crippen LogP contribution in [-0.2, 0) is 4.74 Å². The molecule has 0 atom stereocenters. The van der Waals surface area contributed by atoms with Crippen LogP contribution in [0.25, 0.3) is 17.2 Å². The molecule has 8 heteroatoms. The highest BCUT2D eigenvalue weighted by Gasteiger charge is 2.16. The molecule has 1 fully saturated rings. The van der Waals surface area contributed by atoms with E-state index in [-0.39, 0.29) is 0 Å². The molecule has 31 heavy (non-hydrogen) atoms. The van der Waals surface area contributed by atoms with Crippen LogP contribution in [-0.4, -0.2) is 53.9 Å². The number of nitrogens with zero attached hydrogens (tertiary/aromatic N) is 6. The largest absolute Gasteiger partial charge is 0.415 e. The molecule has 2 aromatic heterocycles. The second-order valence-corrected chi connectivity index (χ2v) is 7.07. The van der Waals surface area contributed by atoms with E-state index in [1.165, 1.54) is 0 Å². The number of benzene rings is 1. The second kappa shape index (κ2) is 9.44. The molecule has 0 spiro atoms. The second-order valence-electron chi connectivity index (χ2n) is 7.07. The van der Waals surface area contributed by atoms with Crippen molar-refractivity contribution in [1.29, 1.82) is 0 Å². The van der Waals surface area contributed by atoms with E-state index in [0.29, 0.717) is 23.2 Å². The first kappa shape index (κ1) is 20.6. The maximum Gasteiger partial charge on any atom is 0.268 e. The van der Waals surface area contributed by atoms with Gasteiger partial charge in [0.1, 0.15) is 11.5 Å². The van der Waals surface area contributed by atoms with Gasteiger partial charge >= 0.3 is 0 Å². The van der Waals surface area contributed by atoms with Crippen LogP contribution in [0.4, 0.5) is 5.82 Å². The predicted molar refractivity (Wildman–Crippen MR) is 121 cm³/mol. The molecule has 1 aliphatic rings. The zero-order valence-corrected chi connectivity index (χ0v) is 17.7. The fourth-order valence-electron chi connectivity index (χ4n) is 3.19. The summed E-state index contributed by atoms with van der Waals surface area (Å²) in [7, 11) is 0. The molecule has 0 bridgehead atoms. The molecule has 0 amide bonds.